The summed E-state index contributed by atoms with van der Waals surface area (Å²) in [7, 11) is 1.50. The summed E-state index contributed by atoms with van der Waals surface area (Å²) < 4.78 is 15.4. The molecule has 0 aliphatic carbocycles. The molecule has 5 nitrogen and oxygen atoms in total. The van der Waals surface area contributed by atoms with Gasteiger partial charge >= 0.3 is 0 Å². The van der Waals surface area contributed by atoms with E-state index in [1.165, 1.54) is 19.2 Å². The van der Waals surface area contributed by atoms with Crippen molar-refractivity contribution >= 4 is 11.6 Å². The van der Waals surface area contributed by atoms with Crippen LogP contribution in [0.25, 0.3) is 0 Å². The lowest BCUT2D eigenvalue weighted by molar-refractivity contribution is 0.0816. The van der Waals surface area contributed by atoms with Gasteiger partial charge in [0.25, 0.3) is 0 Å². The van der Waals surface area contributed by atoms with E-state index < -0.39 is 11.6 Å². The maximum Gasteiger partial charge on any atom is 0.233 e. The quantitative estimate of drug-likeness (QED) is 0.637. The van der Waals surface area contributed by atoms with Crippen molar-refractivity contribution in [3.63, 3.8) is 0 Å². The second-order valence-electron chi connectivity index (χ2n) is 4.46. The van der Waals surface area contributed by atoms with E-state index in [2.05, 4.69) is 0 Å². The zero-order valence-corrected chi connectivity index (χ0v) is 11.3. The second kappa shape index (κ2) is 5.28. The van der Waals surface area contributed by atoms with Gasteiger partial charge in [0, 0.05) is 11.1 Å². The molecule has 1 aliphatic rings. The Kier molecular flexibility index (Phi) is 3.31. The number of ether oxygens (including phenoxy) is 3. The van der Waals surface area contributed by atoms with Gasteiger partial charge in [-0.3, -0.25) is 9.59 Å². The highest BCUT2D eigenvalue weighted by molar-refractivity contribution is 6.49. The number of fused-ring (bicyclic) bond motifs is 1. The van der Waals surface area contributed by atoms with Gasteiger partial charge in [0.2, 0.25) is 18.4 Å². The third kappa shape index (κ3) is 2.45. The van der Waals surface area contributed by atoms with Crippen molar-refractivity contribution in [3.8, 4) is 17.2 Å². The Bertz CT molecular complexity index is 720. The van der Waals surface area contributed by atoms with Crippen LogP contribution in [0.2, 0.25) is 0 Å². The Morgan fingerprint density at radius 3 is 2.43 bits per heavy atom. The molecular weight excluding hydrogens is 272 g/mol. The highest BCUT2D eigenvalue weighted by Crippen LogP contribution is 2.32. The Morgan fingerprint density at radius 1 is 0.952 bits per heavy atom. The van der Waals surface area contributed by atoms with Gasteiger partial charge in [-0.25, -0.2) is 0 Å². The Morgan fingerprint density at radius 2 is 1.67 bits per heavy atom. The first-order valence-corrected chi connectivity index (χ1v) is 6.32. The smallest absolute Gasteiger partial charge is 0.233 e. The summed E-state index contributed by atoms with van der Waals surface area (Å²) in [5.41, 5.74) is 0.559. The average molecular weight is 284 g/mol. The Labute approximate surface area is 121 Å². The van der Waals surface area contributed by atoms with Crippen molar-refractivity contribution in [3.05, 3.63) is 53.6 Å². The first kappa shape index (κ1) is 13.2. The zero-order chi connectivity index (χ0) is 14.8. The number of benzene rings is 2. The van der Waals surface area contributed by atoms with Gasteiger partial charge in [-0.1, -0.05) is 12.1 Å². The van der Waals surface area contributed by atoms with Crippen LogP contribution < -0.4 is 14.2 Å². The van der Waals surface area contributed by atoms with Crippen molar-refractivity contribution in [2.75, 3.05) is 13.9 Å². The first-order valence-electron chi connectivity index (χ1n) is 6.32. The molecule has 5 heteroatoms. The van der Waals surface area contributed by atoms with E-state index in [4.69, 9.17) is 14.2 Å². The third-order valence-electron chi connectivity index (χ3n) is 3.17. The van der Waals surface area contributed by atoms with Crippen LogP contribution in [-0.4, -0.2) is 25.5 Å². The van der Waals surface area contributed by atoms with E-state index in [1.807, 2.05) is 0 Å². The number of ketones is 2. The number of carbonyl (C=O) groups excluding carboxylic acids is 2. The van der Waals surface area contributed by atoms with E-state index in [-0.39, 0.29) is 17.9 Å². The van der Waals surface area contributed by atoms with Gasteiger partial charge in [0.05, 0.1) is 7.11 Å². The van der Waals surface area contributed by atoms with Crippen LogP contribution in [0.3, 0.4) is 0 Å². The molecule has 2 aromatic carbocycles. The van der Waals surface area contributed by atoms with Gasteiger partial charge in [-0.05, 0) is 30.3 Å². The van der Waals surface area contributed by atoms with Crippen LogP contribution in [0, 0.1) is 0 Å². The third-order valence-corrected chi connectivity index (χ3v) is 3.17. The van der Waals surface area contributed by atoms with Crippen LogP contribution in [0.15, 0.2) is 42.5 Å². The normalized spacial score (nSPS) is 12.0. The van der Waals surface area contributed by atoms with Crippen LogP contribution in [-0.2, 0) is 0 Å². The highest BCUT2D eigenvalue weighted by Gasteiger charge is 2.22. The van der Waals surface area contributed by atoms with Gasteiger partial charge in [-0.15, -0.1) is 0 Å². The minimum atomic E-state index is -0.596. The lowest BCUT2D eigenvalue weighted by Gasteiger charge is -2.04. The van der Waals surface area contributed by atoms with Gasteiger partial charge in [-0.2, -0.15) is 0 Å². The molecule has 1 aliphatic heterocycles. The van der Waals surface area contributed by atoms with Crippen LogP contribution in [0.5, 0.6) is 17.2 Å². The summed E-state index contributed by atoms with van der Waals surface area (Å²) in [4.78, 5) is 24.5. The number of hydrogen-bond acceptors (Lipinski definition) is 5. The molecule has 0 radical (unpaired) electrons. The van der Waals surface area contributed by atoms with Crippen molar-refractivity contribution in [1.82, 2.24) is 0 Å². The van der Waals surface area contributed by atoms with Crippen molar-refractivity contribution in [1.29, 1.82) is 0 Å². The summed E-state index contributed by atoms with van der Waals surface area (Å²) in [6.07, 6.45) is 0. The fourth-order valence-corrected chi connectivity index (χ4v) is 2.06. The molecule has 21 heavy (non-hydrogen) atoms. The van der Waals surface area contributed by atoms with Crippen molar-refractivity contribution < 1.29 is 23.8 Å². The summed E-state index contributed by atoms with van der Waals surface area (Å²) in [5.74, 6) is 0.383. The maximum absolute atomic E-state index is 12.3. The molecule has 0 saturated heterocycles. The molecule has 0 N–H and O–H groups in total. The molecule has 0 bridgehead atoms. The van der Waals surface area contributed by atoms with Crippen LogP contribution >= 0.6 is 0 Å². The molecule has 0 atom stereocenters. The molecule has 0 saturated carbocycles. The zero-order valence-electron chi connectivity index (χ0n) is 11.3. The highest BCUT2D eigenvalue weighted by atomic mass is 16.7. The molecule has 0 fully saturated rings. The summed E-state index contributed by atoms with van der Waals surface area (Å²) >= 11 is 0. The number of hydrogen-bond donors (Lipinski definition) is 0. The minimum absolute atomic E-state index is 0.122. The molecule has 1 heterocycles. The predicted octanol–water partition coefficient (Wildman–Crippen LogP) is 2.49. The molecule has 0 unspecified atom stereocenters. The summed E-state index contributed by atoms with van der Waals surface area (Å²) in [5, 5.41) is 0. The molecule has 106 valence electrons. The van der Waals surface area contributed by atoms with E-state index in [0.29, 0.717) is 17.2 Å². The van der Waals surface area contributed by atoms with E-state index in [9.17, 15) is 9.59 Å². The first-order chi connectivity index (χ1) is 10.2. The predicted molar refractivity (Wildman–Crippen MR) is 74.2 cm³/mol. The molecule has 3 rings (SSSR count). The molecule has 2 aromatic rings. The molecular formula is C16H12O5. The average Bonchev–Trinajstić information content (AvgIpc) is 3.01. The number of carbonyl (C=O) groups is 2. The fourth-order valence-electron chi connectivity index (χ4n) is 2.06. The van der Waals surface area contributed by atoms with Crippen molar-refractivity contribution in [2.45, 2.75) is 0 Å². The standard InChI is InChI=1S/C16H12O5/c1-19-12-4-2-3-10(7-12)15(17)16(18)11-5-6-13-14(8-11)21-9-20-13/h2-8H,9H2,1H3. The van der Waals surface area contributed by atoms with E-state index in [1.54, 1.807) is 30.3 Å². The number of methoxy groups -OCH3 is 1. The van der Waals surface area contributed by atoms with Gasteiger partial charge < -0.3 is 14.2 Å². The lowest BCUT2D eigenvalue weighted by atomic mass is 10.0. The van der Waals surface area contributed by atoms with E-state index in [0.717, 1.165) is 0 Å². The van der Waals surface area contributed by atoms with Gasteiger partial charge in [0.15, 0.2) is 11.5 Å². The number of rotatable bonds is 4. The second-order valence-corrected chi connectivity index (χ2v) is 4.46. The van der Waals surface area contributed by atoms with Crippen LogP contribution in [0.4, 0.5) is 0 Å². The topological polar surface area (TPSA) is 61.8 Å². The molecule has 0 spiro atoms. The van der Waals surface area contributed by atoms with Crippen molar-refractivity contribution in [2.24, 2.45) is 0 Å². The number of Topliss-reactive ketones (excluding diaryl/α,β-unsaturated/α-hetero) is 2. The van der Waals surface area contributed by atoms with Gasteiger partial charge in [0.1, 0.15) is 5.75 Å². The molecule has 0 aromatic heterocycles. The monoisotopic (exact) mass is 284 g/mol. The Hall–Kier alpha value is -2.82. The SMILES string of the molecule is COc1cccc(C(=O)C(=O)c2ccc3c(c2)OCO3)c1. The summed E-state index contributed by atoms with van der Waals surface area (Å²) in [6, 6.07) is 11.2. The van der Waals surface area contributed by atoms with Crippen LogP contribution in [0.1, 0.15) is 20.7 Å². The molecule has 0 amide bonds. The van der Waals surface area contributed by atoms with E-state index >= 15 is 0 Å². The largest absolute Gasteiger partial charge is 0.497 e. The fraction of sp³-hybridized carbons (Fsp3) is 0.125. The summed E-state index contributed by atoms with van der Waals surface area (Å²) in [6.45, 7) is 0.122. The maximum atomic E-state index is 12.3. The Balaban J connectivity index is 1.89. The minimum Gasteiger partial charge on any atom is -0.497 e. The lowest BCUT2D eigenvalue weighted by Crippen LogP contribution is -2.14.